The fourth-order valence-corrected chi connectivity index (χ4v) is 1.32. The van der Waals surface area contributed by atoms with Crippen LogP contribution in [0.5, 0.6) is 0 Å². The molecule has 0 bridgehead atoms. The van der Waals surface area contributed by atoms with Gasteiger partial charge < -0.3 is 9.84 Å². The molecule has 3 heteroatoms. The predicted octanol–water partition coefficient (Wildman–Crippen LogP) is 2.80. The van der Waals surface area contributed by atoms with E-state index in [1.54, 1.807) is 12.1 Å². The van der Waals surface area contributed by atoms with Crippen LogP contribution in [0.25, 0.3) is 0 Å². The Bertz CT molecular complexity index is 258. The summed E-state index contributed by atoms with van der Waals surface area (Å²) in [4.78, 5) is 0. The van der Waals surface area contributed by atoms with Crippen molar-refractivity contribution in [2.75, 3.05) is 13.2 Å². The van der Waals surface area contributed by atoms with Gasteiger partial charge in [-0.1, -0.05) is 30.7 Å². The van der Waals surface area contributed by atoms with Crippen LogP contribution in [0, 0.1) is 0 Å². The molecular weight excluding hydrogens is 200 g/mol. The molecular formula is C11H15ClO2. The van der Waals surface area contributed by atoms with E-state index in [-0.39, 0.29) is 12.7 Å². The highest BCUT2D eigenvalue weighted by atomic mass is 35.5. The minimum absolute atomic E-state index is 0.00162. The van der Waals surface area contributed by atoms with E-state index < -0.39 is 0 Å². The van der Waals surface area contributed by atoms with E-state index in [9.17, 15) is 0 Å². The standard InChI is InChI=1S/C11H15ClO2/c1-2-7-14-11(8-13)9-3-5-10(12)6-4-9/h3-6,11,13H,2,7-8H2,1H3. The summed E-state index contributed by atoms with van der Waals surface area (Å²) in [5.41, 5.74) is 0.963. The summed E-state index contributed by atoms with van der Waals surface area (Å²) in [5, 5.41) is 9.81. The molecule has 0 aromatic heterocycles. The van der Waals surface area contributed by atoms with Crippen molar-refractivity contribution in [3.8, 4) is 0 Å². The highest BCUT2D eigenvalue weighted by Crippen LogP contribution is 2.19. The lowest BCUT2D eigenvalue weighted by molar-refractivity contribution is 0.0121. The molecule has 1 aromatic rings. The molecule has 2 nitrogen and oxygen atoms in total. The fraction of sp³-hybridized carbons (Fsp3) is 0.455. The number of aliphatic hydroxyl groups excluding tert-OH is 1. The Morgan fingerprint density at radius 1 is 1.36 bits per heavy atom. The predicted molar refractivity (Wildman–Crippen MR) is 57.5 cm³/mol. The van der Waals surface area contributed by atoms with E-state index in [2.05, 4.69) is 0 Å². The Morgan fingerprint density at radius 2 is 2.00 bits per heavy atom. The Morgan fingerprint density at radius 3 is 2.50 bits per heavy atom. The second kappa shape index (κ2) is 6.02. The lowest BCUT2D eigenvalue weighted by Crippen LogP contribution is -2.09. The molecule has 1 N–H and O–H groups in total. The lowest BCUT2D eigenvalue weighted by atomic mass is 10.1. The van der Waals surface area contributed by atoms with Gasteiger partial charge in [0.1, 0.15) is 6.10 Å². The third kappa shape index (κ3) is 3.29. The van der Waals surface area contributed by atoms with Crippen LogP contribution in [-0.2, 0) is 4.74 Å². The van der Waals surface area contributed by atoms with Gasteiger partial charge >= 0.3 is 0 Å². The van der Waals surface area contributed by atoms with E-state index in [0.717, 1.165) is 12.0 Å². The van der Waals surface area contributed by atoms with Crippen LogP contribution in [-0.4, -0.2) is 18.3 Å². The van der Waals surface area contributed by atoms with Gasteiger partial charge in [0.05, 0.1) is 6.61 Å². The first-order valence-corrected chi connectivity index (χ1v) is 5.13. The molecule has 78 valence electrons. The number of benzene rings is 1. The molecule has 0 spiro atoms. The quantitative estimate of drug-likeness (QED) is 0.817. The Labute approximate surface area is 89.5 Å². The first-order valence-electron chi connectivity index (χ1n) is 4.75. The highest BCUT2D eigenvalue weighted by Gasteiger charge is 2.09. The maximum atomic E-state index is 9.12. The molecule has 0 radical (unpaired) electrons. The third-order valence-electron chi connectivity index (χ3n) is 1.93. The summed E-state index contributed by atoms with van der Waals surface area (Å²) in [6.07, 6.45) is 0.719. The Balaban J connectivity index is 2.64. The molecule has 1 rings (SSSR count). The third-order valence-corrected chi connectivity index (χ3v) is 2.18. The molecule has 0 aliphatic rings. The van der Waals surface area contributed by atoms with E-state index in [1.165, 1.54) is 0 Å². The average Bonchev–Trinajstić information content (AvgIpc) is 2.21. The number of ether oxygens (including phenoxy) is 1. The Kier molecular flexibility index (Phi) is 4.94. The number of rotatable bonds is 5. The van der Waals surface area contributed by atoms with Gasteiger partial charge in [-0.2, -0.15) is 0 Å². The molecule has 1 atom stereocenters. The molecule has 0 saturated heterocycles. The van der Waals surface area contributed by atoms with Gasteiger partial charge in [-0.15, -0.1) is 0 Å². The van der Waals surface area contributed by atoms with Crippen LogP contribution in [0.15, 0.2) is 24.3 Å². The van der Waals surface area contributed by atoms with Crippen LogP contribution >= 0.6 is 11.6 Å². The van der Waals surface area contributed by atoms with Gasteiger partial charge in [0.2, 0.25) is 0 Å². The second-order valence-corrected chi connectivity index (χ2v) is 3.53. The topological polar surface area (TPSA) is 29.5 Å². The zero-order valence-corrected chi connectivity index (χ0v) is 9.00. The maximum Gasteiger partial charge on any atom is 0.105 e. The van der Waals surface area contributed by atoms with Crippen molar-refractivity contribution in [2.45, 2.75) is 19.4 Å². The molecule has 1 aromatic carbocycles. The zero-order chi connectivity index (χ0) is 10.4. The smallest absolute Gasteiger partial charge is 0.105 e. The van der Waals surface area contributed by atoms with Crippen LogP contribution in [0.1, 0.15) is 25.0 Å². The van der Waals surface area contributed by atoms with Crippen LogP contribution in [0.4, 0.5) is 0 Å². The van der Waals surface area contributed by atoms with Crippen LogP contribution in [0.3, 0.4) is 0 Å². The largest absolute Gasteiger partial charge is 0.393 e. The monoisotopic (exact) mass is 214 g/mol. The van der Waals surface area contributed by atoms with Gasteiger partial charge in [-0.05, 0) is 24.1 Å². The van der Waals surface area contributed by atoms with Gasteiger partial charge in [0.15, 0.2) is 0 Å². The SMILES string of the molecule is CCCOC(CO)c1ccc(Cl)cc1. The summed E-state index contributed by atoms with van der Waals surface area (Å²) in [7, 11) is 0. The van der Waals surface area contributed by atoms with E-state index in [1.807, 2.05) is 19.1 Å². The van der Waals surface area contributed by atoms with E-state index in [4.69, 9.17) is 21.4 Å². The number of hydrogen-bond donors (Lipinski definition) is 1. The Hall–Kier alpha value is -0.570. The summed E-state index contributed by atoms with van der Waals surface area (Å²) in [6, 6.07) is 7.35. The molecule has 0 saturated carbocycles. The first kappa shape index (κ1) is 11.5. The van der Waals surface area contributed by atoms with Crippen molar-refractivity contribution in [2.24, 2.45) is 0 Å². The van der Waals surface area contributed by atoms with Crippen molar-refractivity contribution < 1.29 is 9.84 Å². The number of aliphatic hydroxyl groups is 1. The second-order valence-electron chi connectivity index (χ2n) is 3.09. The van der Waals surface area contributed by atoms with Crippen molar-refractivity contribution in [1.82, 2.24) is 0 Å². The van der Waals surface area contributed by atoms with Gasteiger partial charge in [0, 0.05) is 11.6 Å². The highest BCUT2D eigenvalue weighted by molar-refractivity contribution is 6.30. The normalized spacial score (nSPS) is 12.8. The number of hydrogen-bond acceptors (Lipinski definition) is 2. The van der Waals surface area contributed by atoms with E-state index >= 15 is 0 Å². The van der Waals surface area contributed by atoms with Gasteiger partial charge in [-0.3, -0.25) is 0 Å². The fourth-order valence-electron chi connectivity index (χ4n) is 1.19. The van der Waals surface area contributed by atoms with Crippen molar-refractivity contribution in [3.63, 3.8) is 0 Å². The van der Waals surface area contributed by atoms with E-state index in [0.29, 0.717) is 11.6 Å². The maximum absolute atomic E-state index is 9.12. The lowest BCUT2D eigenvalue weighted by Gasteiger charge is -2.15. The minimum Gasteiger partial charge on any atom is -0.393 e. The summed E-state index contributed by atoms with van der Waals surface area (Å²) >= 11 is 5.76. The first-order chi connectivity index (χ1) is 6.77. The number of halogens is 1. The van der Waals surface area contributed by atoms with Crippen molar-refractivity contribution >= 4 is 11.6 Å². The van der Waals surface area contributed by atoms with Gasteiger partial charge in [-0.25, -0.2) is 0 Å². The molecule has 0 fully saturated rings. The molecule has 0 aliphatic heterocycles. The van der Waals surface area contributed by atoms with Crippen LogP contribution < -0.4 is 0 Å². The molecule has 0 amide bonds. The molecule has 0 aliphatic carbocycles. The van der Waals surface area contributed by atoms with Crippen molar-refractivity contribution in [1.29, 1.82) is 0 Å². The summed E-state index contributed by atoms with van der Waals surface area (Å²) in [6.45, 7) is 2.70. The van der Waals surface area contributed by atoms with Crippen LogP contribution in [0.2, 0.25) is 5.02 Å². The molecule has 14 heavy (non-hydrogen) atoms. The molecule has 0 heterocycles. The van der Waals surface area contributed by atoms with Crippen molar-refractivity contribution in [3.05, 3.63) is 34.9 Å². The van der Waals surface area contributed by atoms with Gasteiger partial charge in [0.25, 0.3) is 0 Å². The summed E-state index contributed by atoms with van der Waals surface area (Å²) < 4.78 is 5.47. The zero-order valence-electron chi connectivity index (χ0n) is 8.24. The summed E-state index contributed by atoms with van der Waals surface area (Å²) in [5.74, 6) is 0. The molecule has 1 unspecified atom stereocenters. The minimum atomic E-state index is -0.229. The average molecular weight is 215 g/mol.